The second-order valence-corrected chi connectivity index (χ2v) is 4.19. The van der Waals surface area contributed by atoms with E-state index in [0.29, 0.717) is 0 Å². The Kier molecular flexibility index (Phi) is 3.05. The van der Waals surface area contributed by atoms with E-state index in [-0.39, 0.29) is 5.75 Å². The molecule has 0 aliphatic heterocycles. The third kappa shape index (κ3) is 2.26. The summed E-state index contributed by atoms with van der Waals surface area (Å²) in [5.74, 6) is 1.18. The van der Waals surface area contributed by atoms with Gasteiger partial charge in [-0.3, -0.25) is 0 Å². The summed E-state index contributed by atoms with van der Waals surface area (Å²) in [6.45, 7) is 4.06. The first-order valence-electron chi connectivity index (χ1n) is 5.56. The van der Waals surface area contributed by atoms with Gasteiger partial charge in [-0.25, -0.2) is 0 Å². The molecule has 1 N–H and O–H groups in total. The highest BCUT2D eigenvalue weighted by molar-refractivity contribution is 5.70. The van der Waals surface area contributed by atoms with E-state index in [1.807, 2.05) is 32.0 Å². The second kappa shape index (κ2) is 4.50. The molecule has 0 spiro atoms. The Morgan fingerprint density at radius 1 is 1.00 bits per heavy atom. The van der Waals surface area contributed by atoms with Crippen LogP contribution in [-0.4, -0.2) is 12.2 Å². The summed E-state index contributed by atoms with van der Waals surface area (Å²) in [4.78, 5) is 0. The molecule has 0 radical (unpaired) electrons. The monoisotopic (exact) mass is 228 g/mol. The molecule has 2 aromatic rings. The van der Waals surface area contributed by atoms with Crippen molar-refractivity contribution >= 4 is 0 Å². The highest BCUT2D eigenvalue weighted by Gasteiger charge is 2.07. The number of phenolic OH excluding ortho intramolecular Hbond substituents is 1. The molecule has 2 nitrogen and oxygen atoms in total. The molecule has 17 heavy (non-hydrogen) atoms. The summed E-state index contributed by atoms with van der Waals surface area (Å²) in [5, 5.41) is 9.51. The number of hydrogen-bond acceptors (Lipinski definition) is 2. The van der Waals surface area contributed by atoms with Crippen LogP contribution in [0, 0.1) is 13.8 Å². The van der Waals surface area contributed by atoms with Crippen molar-refractivity contribution in [1.29, 1.82) is 0 Å². The normalized spacial score (nSPS) is 10.3. The highest BCUT2D eigenvalue weighted by Crippen LogP contribution is 2.31. The molecule has 0 saturated carbocycles. The summed E-state index contributed by atoms with van der Waals surface area (Å²) < 4.78 is 5.29. The van der Waals surface area contributed by atoms with Crippen LogP contribution in [0.1, 0.15) is 11.1 Å². The van der Waals surface area contributed by atoms with Gasteiger partial charge in [-0.15, -0.1) is 0 Å². The zero-order valence-corrected chi connectivity index (χ0v) is 10.3. The first-order valence-corrected chi connectivity index (χ1v) is 5.56. The van der Waals surface area contributed by atoms with Crippen LogP contribution >= 0.6 is 0 Å². The summed E-state index contributed by atoms with van der Waals surface area (Å²) in [5.41, 5.74) is 4.38. The van der Waals surface area contributed by atoms with Gasteiger partial charge in [0.1, 0.15) is 11.5 Å². The summed E-state index contributed by atoms with van der Waals surface area (Å²) >= 11 is 0. The smallest absolute Gasteiger partial charge is 0.122 e. The SMILES string of the molecule is COc1cc(C)c(-c2cccc(O)c2)cc1C. The fourth-order valence-corrected chi connectivity index (χ4v) is 1.99. The van der Waals surface area contributed by atoms with E-state index in [4.69, 9.17) is 4.74 Å². The number of ether oxygens (including phenoxy) is 1. The van der Waals surface area contributed by atoms with Crippen molar-refractivity contribution in [1.82, 2.24) is 0 Å². The number of rotatable bonds is 2. The minimum Gasteiger partial charge on any atom is -0.508 e. The predicted molar refractivity (Wildman–Crippen MR) is 69.6 cm³/mol. The molecule has 0 saturated heterocycles. The van der Waals surface area contributed by atoms with Crippen molar-refractivity contribution in [2.24, 2.45) is 0 Å². The van der Waals surface area contributed by atoms with Gasteiger partial charge in [-0.2, -0.15) is 0 Å². The van der Waals surface area contributed by atoms with Crippen LogP contribution < -0.4 is 4.74 Å². The lowest BCUT2D eigenvalue weighted by atomic mass is 9.98. The quantitative estimate of drug-likeness (QED) is 0.849. The van der Waals surface area contributed by atoms with E-state index in [1.54, 1.807) is 19.2 Å². The van der Waals surface area contributed by atoms with Gasteiger partial charge in [0.15, 0.2) is 0 Å². The first kappa shape index (κ1) is 11.5. The zero-order valence-electron chi connectivity index (χ0n) is 10.3. The molecule has 2 heteroatoms. The Labute approximate surface area is 101 Å². The van der Waals surface area contributed by atoms with Crippen molar-refractivity contribution < 1.29 is 9.84 Å². The average molecular weight is 228 g/mol. The molecule has 0 amide bonds. The molecule has 2 aromatic carbocycles. The Balaban J connectivity index is 2.56. The first-order chi connectivity index (χ1) is 8.11. The molecular weight excluding hydrogens is 212 g/mol. The Morgan fingerprint density at radius 3 is 2.41 bits per heavy atom. The number of hydrogen-bond donors (Lipinski definition) is 1. The van der Waals surface area contributed by atoms with Crippen molar-refractivity contribution in [3.8, 4) is 22.6 Å². The average Bonchev–Trinajstić information content (AvgIpc) is 2.31. The van der Waals surface area contributed by atoms with E-state index in [1.165, 1.54) is 0 Å². The maximum atomic E-state index is 9.51. The largest absolute Gasteiger partial charge is 0.508 e. The third-order valence-corrected chi connectivity index (χ3v) is 2.90. The van der Waals surface area contributed by atoms with Crippen LogP contribution in [0.3, 0.4) is 0 Å². The molecular formula is C15H16O2. The van der Waals surface area contributed by atoms with E-state index in [9.17, 15) is 5.11 Å². The van der Waals surface area contributed by atoms with Gasteiger partial charge in [-0.05, 0) is 60.4 Å². The fourth-order valence-electron chi connectivity index (χ4n) is 1.99. The van der Waals surface area contributed by atoms with Gasteiger partial charge in [0.05, 0.1) is 7.11 Å². The van der Waals surface area contributed by atoms with Crippen LogP contribution in [0.15, 0.2) is 36.4 Å². The standard InChI is InChI=1S/C15H16O2/c1-10-8-15(17-3)11(2)7-14(10)12-5-4-6-13(16)9-12/h4-9,16H,1-3H3. The predicted octanol–water partition coefficient (Wildman–Crippen LogP) is 3.68. The summed E-state index contributed by atoms with van der Waals surface area (Å²) in [6, 6.07) is 11.4. The van der Waals surface area contributed by atoms with Crippen LogP contribution in [0.2, 0.25) is 0 Å². The third-order valence-electron chi connectivity index (χ3n) is 2.90. The Morgan fingerprint density at radius 2 is 1.76 bits per heavy atom. The summed E-state index contributed by atoms with van der Waals surface area (Å²) in [6.07, 6.45) is 0. The van der Waals surface area contributed by atoms with E-state index in [0.717, 1.165) is 28.0 Å². The van der Waals surface area contributed by atoms with Crippen LogP contribution in [0.4, 0.5) is 0 Å². The topological polar surface area (TPSA) is 29.5 Å². The van der Waals surface area contributed by atoms with Crippen molar-refractivity contribution in [3.05, 3.63) is 47.5 Å². The van der Waals surface area contributed by atoms with E-state index >= 15 is 0 Å². The lowest BCUT2D eigenvalue weighted by Gasteiger charge is -2.11. The molecule has 0 unspecified atom stereocenters. The van der Waals surface area contributed by atoms with Gasteiger partial charge in [0.25, 0.3) is 0 Å². The maximum absolute atomic E-state index is 9.51. The van der Waals surface area contributed by atoms with E-state index < -0.39 is 0 Å². The lowest BCUT2D eigenvalue weighted by Crippen LogP contribution is -1.91. The molecule has 0 heterocycles. The Bertz CT molecular complexity index is 545. The van der Waals surface area contributed by atoms with Gasteiger partial charge in [-0.1, -0.05) is 12.1 Å². The minimum absolute atomic E-state index is 0.287. The highest BCUT2D eigenvalue weighted by atomic mass is 16.5. The zero-order chi connectivity index (χ0) is 12.4. The van der Waals surface area contributed by atoms with Gasteiger partial charge in [0.2, 0.25) is 0 Å². The number of aromatic hydroxyl groups is 1. The van der Waals surface area contributed by atoms with Gasteiger partial charge < -0.3 is 9.84 Å². The van der Waals surface area contributed by atoms with Crippen LogP contribution in [0.5, 0.6) is 11.5 Å². The molecule has 0 bridgehead atoms. The Hall–Kier alpha value is -1.96. The molecule has 0 atom stereocenters. The van der Waals surface area contributed by atoms with Crippen LogP contribution in [-0.2, 0) is 0 Å². The number of benzene rings is 2. The molecule has 2 rings (SSSR count). The summed E-state index contributed by atoms with van der Waals surface area (Å²) in [7, 11) is 1.68. The van der Waals surface area contributed by atoms with Gasteiger partial charge >= 0.3 is 0 Å². The van der Waals surface area contributed by atoms with Crippen molar-refractivity contribution in [2.75, 3.05) is 7.11 Å². The number of methoxy groups -OCH3 is 1. The molecule has 88 valence electrons. The van der Waals surface area contributed by atoms with Gasteiger partial charge in [0, 0.05) is 0 Å². The maximum Gasteiger partial charge on any atom is 0.122 e. The van der Waals surface area contributed by atoms with Crippen LogP contribution in [0.25, 0.3) is 11.1 Å². The minimum atomic E-state index is 0.287. The molecule has 0 aromatic heterocycles. The number of phenols is 1. The van der Waals surface area contributed by atoms with E-state index in [2.05, 4.69) is 6.07 Å². The fraction of sp³-hybridized carbons (Fsp3) is 0.200. The second-order valence-electron chi connectivity index (χ2n) is 4.19. The molecule has 0 aliphatic carbocycles. The lowest BCUT2D eigenvalue weighted by molar-refractivity contribution is 0.411. The van der Waals surface area contributed by atoms with Crippen molar-refractivity contribution in [3.63, 3.8) is 0 Å². The molecule has 0 fully saturated rings. The number of aryl methyl sites for hydroxylation is 2. The van der Waals surface area contributed by atoms with Crippen molar-refractivity contribution in [2.45, 2.75) is 13.8 Å². The molecule has 0 aliphatic rings.